The molecule has 2 aromatic heterocycles. The molecule has 1 aliphatic rings. The van der Waals surface area contributed by atoms with Gasteiger partial charge in [-0.15, -0.1) is 9.78 Å². The number of benzene rings is 3. The molecule has 15 nitrogen and oxygen atoms in total. The number of carbonyl (C=O) groups is 2. The van der Waals surface area contributed by atoms with Gasteiger partial charge in [-0.1, -0.05) is 55.8 Å². The third-order valence-corrected chi connectivity index (χ3v) is 9.27. The summed E-state index contributed by atoms with van der Waals surface area (Å²) in [5.41, 5.74) is 1.55. The van der Waals surface area contributed by atoms with E-state index in [1.54, 1.807) is 67.6 Å². The molecule has 3 N–H and O–H groups in total. The number of aromatic nitrogens is 5. The maximum Gasteiger partial charge on any atom is 0.511 e. The van der Waals surface area contributed by atoms with Gasteiger partial charge in [-0.2, -0.15) is 4.98 Å². The van der Waals surface area contributed by atoms with E-state index >= 15 is 4.39 Å². The van der Waals surface area contributed by atoms with E-state index in [1.807, 2.05) is 0 Å². The monoisotopic (exact) mass is 799 g/mol. The lowest BCUT2D eigenvalue weighted by Gasteiger charge is -2.26. The first-order valence-corrected chi connectivity index (χ1v) is 18.7. The lowest BCUT2D eigenvalue weighted by atomic mass is 9.90. The molecule has 304 valence electrons. The van der Waals surface area contributed by atoms with Crippen molar-refractivity contribution in [1.29, 1.82) is 5.41 Å². The zero-order chi connectivity index (χ0) is 41.0. The van der Waals surface area contributed by atoms with Gasteiger partial charge in [0.1, 0.15) is 30.5 Å². The number of ether oxygens (including phenoxy) is 5. The van der Waals surface area contributed by atoms with Crippen LogP contribution in [-0.2, 0) is 15.9 Å². The molecule has 0 aliphatic heterocycles. The largest absolute Gasteiger partial charge is 0.511 e. The number of amides is 1. The molecule has 1 amide bonds. The molecule has 0 radical (unpaired) electrons. The first-order chi connectivity index (χ1) is 28.2. The molecule has 2 unspecified atom stereocenters. The van der Waals surface area contributed by atoms with E-state index in [2.05, 4.69) is 25.4 Å². The van der Waals surface area contributed by atoms with Crippen molar-refractivity contribution in [1.82, 2.24) is 30.0 Å². The minimum Gasteiger partial charge on any atom is -0.497 e. The third-order valence-electron chi connectivity index (χ3n) is 9.27. The van der Waals surface area contributed by atoms with Crippen molar-refractivity contribution >= 4 is 17.9 Å². The van der Waals surface area contributed by atoms with Crippen LogP contribution in [0.3, 0.4) is 0 Å². The molecule has 2 heterocycles. The molecule has 1 saturated carbocycles. The smallest absolute Gasteiger partial charge is 0.497 e. The van der Waals surface area contributed by atoms with Crippen molar-refractivity contribution in [3.63, 3.8) is 0 Å². The first kappa shape index (κ1) is 41.2. The van der Waals surface area contributed by atoms with Crippen LogP contribution in [0.15, 0.2) is 85.2 Å². The number of nitrogens with zero attached hydrogens (tertiary/aromatic N) is 5. The van der Waals surface area contributed by atoms with Crippen molar-refractivity contribution in [2.45, 2.75) is 69.9 Å². The maximum atomic E-state index is 16.5. The highest BCUT2D eigenvalue weighted by Gasteiger charge is 2.32. The molecule has 3 aromatic carbocycles. The Bertz CT molecular complexity index is 2160. The van der Waals surface area contributed by atoms with Gasteiger partial charge in [-0.25, -0.2) is 23.5 Å². The Labute approximate surface area is 332 Å². The number of rotatable bonds is 16. The number of methoxy groups -OCH3 is 1. The second-order valence-corrected chi connectivity index (χ2v) is 13.2. The Balaban J connectivity index is 1.34. The number of nitrogens with one attached hydrogen (secondary N) is 2. The molecule has 4 atom stereocenters. The van der Waals surface area contributed by atoms with Crippen molar-refractivity contribution in [3.05, 3.63) is 119 Å². The van der Waals surface area contributed by atoms with Gasteiger partial charge in [0.25, 0.3) is 18.1 Å². The summed E-state index contributed by atoms with van der Waals surface area (Å²) in [5.74, 6) is -2.15. The van der Waals surface area contributed by atoms with E-state index in [4.69, 9.17) is 29.1 Å². The molecule has 5 aromatic rings. The lowest BCUT2D eigenvalue weighted by Crippen LogP contribution is -2.34. The number of hydrogen-bond acceptors (Lipinski definition) is 13. The van der Waals surface area contributed by atoms with Gasteiger partial charge in [0.15, 0.2) is 17.4 Å². The van der Waals surface area contributed by atoms with Gasteiger partial charge in [-0.05, 0) is 55.5 Å². The van der Waals surface area contributed by atoms with E-state index in [1.165, 1.54) is 36.3 Å². The maximum absolute atomic E-state index is 16.5. The fourth-order valence-corrected chi connectivity index (χ4v) is 6.28. The molecule has 58 heavy (non-hydrogen) atoms. The van der Waals surface area contributed by atoms with Crippen molar-refractivity contribution < 1.29 is 47.2 Å². The van der Waals surface area contributed by atoms with Crippen molar-refractivity contribution in [3.8, 4) is 23.5 Å². The van der Waals surface area contributed by atoms with Gasteiger partial charge in [0.05, 0.1) is 19.6 Å². The van der Waals surface area contributed by atoms with Gasteiger partial charge < -0.3 is 34.1 Å². The van der Waals surface area contributed by atoms with Crippen LogP contribution in [-0.4, -0.2) is 86.6 Å². The zero-order valence-electron chi connectivity index (χ0n) is 31.8. The fourth-order valence-electron chi connectivity index (χ4n) is 6.28. The van der Waals surface area contributed by atoms with E-state index < -0.39 is 42.4 Å². The van der Waals surface area contributed by atoms with E-state index in [0.717, 1.165) is 6.42 Å². The van der Waals surface area contributed by atoms with Crippen LogP contribution in [0.1, 0.15) is 77.8 Å². The summed E-state index contributed by atoms with van der Waals surface area (Å²) in [6.45, 7) is 1.14. The van der Waals surface area contributed by atoms with Crippen molar-refractivity contribution in [2.24, 2.45) is 0 Å². The molecule has 1 fully saturated rings. The van der Waals surface area contributed by atoms with Crippen LogP contribution >= 0.6 is 0 Å². The van der Waals surface area contributed by atoms with Gasteiger partial charge >= 0.3 is 12.2 Å². The van der Waals surface area contributed by atoms with Crippen molar-refractivity contribution in [2.75, 3.05) is 20.3 Å². The molecule has 0 saturated heterocycles. The van der Waals surface area contributed by atoms with Crippen LogP contribution in [0, 0.1) is 11.2 Å². The molecule has 6 rings (SSSR count). The Morgan fingerprint density at radius 2 is 1.76 bits per heavy atom. The van der Waals surface area contributed by atoms with Crippen LogP contribution in [0.5, 0.6) is 17.5 Å². The molecule has 1 aliphatic carbocycles. The number of aliphatic hydroxyl groups is 1. The van der Waals surface area contributed by atoms with Crippen LogP contribution in [0.2, 0.25) is 0 Å². The zero-order valence-corrected chi connectivity index (χ0v) is 31.8. The molecule has 0 bridgehead atoms. The highest BCUT2D eigenvalue weighted by Crippen LogP contribution is 2.37. The number of amidine groups is 1. The number of carbonyl (C=O) groups excluding carboxylic acids is 2. The van der Waals surface area contributed by atoms with E-state index in [9.17, 15) is 19.1 Å². The number of aliphatic hydroxyl groups excluding tert-OH is 1. The highest BCUT2D eigenvalue weighted by molar-refractivity contribution is 6.11. The number of halogens is 2. The minimum absolute atomic E-state index is 0.0356. The first-order valence-electron chi connectivity index (χ1n) is 18.7. The van der Waals surface area contributed by atoms with Crippen LogP contribution in [0.4, 0.5) is 13.6 Å². The average molecular weight is 800 g/mol. The summed E-state index contributed by atoms with van der Waals surface area (Å²) < 4.78 is 60.0. The summed E-state index contributed by atoms with van der Waals surface area (Å²) in [5, 5.41) is 25.2. The molecule has 17 heteroatoms. The van der Waals surface area contributed by atoms with Crippen LogP contribution in [0.25, 0.3) is 5.95 Å². The summed E-state index contributed by atoms with van der Waals surface area (Å²) in [4.78, 5) is 38.7. The molecular formula is C41H43F2N7O8. The summed E-state index contributed by atoms with van der Waals surface area (Å²) in [6.07, 6.45) is 0.668. The minimum atomic E-state index is -1.30. The second-order valence-electron chi connectivity index (χ2n) is 13.2. The Kier molecular flexibility index (Phi) is 13.9. The topological polar surface area (TPSA) is 193 Å². The van der Waals surface area contributed by atoms with E-state index in [-0.39, 0.29) is 66.7 Å². The highest BCUT2D eigenvalue weighted by atomic mass is 19.1. The third kappa shape index (κ3) is 10.3. The molecule has 0 spiro atoms. The number of hydrogen-bond donors (Lipinski definition) is 3. The normalized spacial score (nSPS) is 16.1. The predicted octanol–water partition coefficient (Wildman–Crippen LogP) is 6.25. The van der Waals surface area contributed by atoms with E-state index in [0.29, 0.717) is 36.0 Å². The SMILES string of the molecule is CCC(OC(=O)OC1CCCC[C@H]1F)Oc1nc([C@H](Cc2ccc(C(=N)NC(=O)c3ccccc3)cc2)c2cc(OC)cc(OCCO)c2F)nn1-c1ncccn1. The fraction of sp³-hybridized carbons (Fsp3) is 0.341. The van der Waals surface area contributed by atoms with Gasteiger partial charge in [-0.3, -0.25) is 10.2 Å². The molecular weight excluding hydrogens is 756 g/mol. The number of alkyl halides is 1. The van der Waals surface area contributed by atoms with Crippen LogP contribution < -0.4 is 19.5 Å². The predicted molar refractivity (Wildman–Crippen MR) is 205 cm³/mol. The Hall–Kier alpha value is -6.49. The standard InChI is InChI=1S/C41H43F2N7O8/c1-3-34(58-41(53)56-32-13-8-7-12-31(32)42)57-40-48-37(49-50(40)39-45-18-9-19-46-39)30(29-23-28(54-2)24-33(35(29)43)55-21-20-51)22-25-14-16-26(17-15-25)36(44)47-38(52)27-10-5-4-6-11-27/h4-6,9-11,14-19,23-24,30-32,34,51H,3,7-8,12-13,20-22H2,1-2H3,(H2,44,47,52)/t30-,31-,32?,34?/m1/s1. The summed E-state index contributed by atoms with van der Waals surface area (Å²) in [6, 6.07) is 19.5. The van der Waals surface area contributed by atoms with Gasteiger partial charge in [0, 0.05) is 41.6 Å². The van der Waals surface area contributed by atoms with Gasteiger partial charge in [0.2, 0.25) is 0 Å². The Morgan fingerprint density at radius 1 is 1.02 bits per heavy atom. The quantitative estimate of drug-likeness (QED) is 0.0440. The summed E-state index contributed by atoms with van der Waals surface area (Å²) >= 11 is 0. The summed E-state index contributed by atoms with van der Waals surface area (Å²) in [7, 11) is 1.41. The average Bonchev–Trinajstić information content (AvgIpc) is 3.67. The second kappa shape index (κ2) is 19.6. The Morgan fingerprint density at radius 3 is 2.45 bits per heavy atom. The lowest BCUT2D eigenvalue weighted by molar-refractivity contribution is -0.0919.